The van der Waals surface area contributed by atoms with Crippen molar-refractivity contribution in [1.29, 1.82) is 0 Å². The van der Waals surface area contributed by atoms with Crippen molar-refractivity contribution in [3.8, 4) is 11.3 Å². The molecule has 0 aliphatic rings. The van der Waals surface area contributed by atoms with Gasteiger partial charge in [0.05, 0.1) is 12.2 Å². The molecule has 5 heteroatoms. The van der Waals surface area contributed by atoms with Gasteiger partial charge in [0.1, 0.15) is 17.2 Å². The SMILES string of the molecule is Cc1ccc(CNC(=O)c2cc(-c3ccc(C)c(C)c3)n[nH]2)o1. The number of hydrogen-bond donors (Lipinski definition) is 2. The minimum Gasteiger partial charge on any atom is -0.465 e. The molecular formula is C18H19N3O2. The third kappa shape index (κ3) is 3.34. The van der Waals surface area contributed by atoms with Crippen LogP contribution in [0.1, 0.15) is 33.1 Å². The maximum absolute atomic E-state index is 12.2. The van der Waals surface area contributed by atoms with Gasteiger partial charge in [0.2, 0.25) is 0 Å². The molecule has 0 unspecified atom stereocenters. The van der Waals surface area contributed by atoms with Crippen LogP contribution in [-0.2, 0) is 6.54 Å². The van der Waals surface area contributed by atoms with Gasteiger partial charge < -0.3 is 9.73 Å². The second-order valence-electron chi connectivity index (χ2n) is 5.66. The molecule has 0 atom stereocenters. The average molecular weight is 309 g/mol. The van der Waals surface area contributed by atoms with Crippen molar-refractivity contribution in [1.82, 2.24) is 15.5 Å². The van der Waals surface area contributed by atoms with Crippen molar-refractivity contribution >= 4 is 5.91 Å². The van der Waals surface area contributed by atoms with Crippen LogP contribution in [0.5, 0.6) is 0 Å². The molecule has 0 saturated carbocycles. The van der Waals surface area contributed by atoms with Gasteiger partial charge in [0.15, 0.2) is 0 Å². The number of aryl methyl sites for hydroxylation is 3. The topological polar surface area (TPSA) is 70.9 Å². The third-order valence-electron chi connectivity index (χ3n) is 3.84. The molecule has 0 aliphatic carbocycles. The van der Waals surface area contributed by atoms with Crippen LogP contribution >= 0.6 is 0 Å². The summed E-state index contributed by atoms with van der Waals surface area (Å²) in [5, 5.41) is 9.82. The van der Waals surface area contributed by atoms with Gasteiger partial charge in [-0.3, -0.25) is 9.89 Å². The Labute approximate surface area is 134 Å². The van der Waals surface area contributed by atoms with E-state index in [1.165, 1.54) is 11.1 Å². The first-order valence-corrected chi connectivity index (χ1v) is 7.49. The van der Waals surface area contributed by atoms with Crippen LogP contribution in [0, 0.1) is 20.8 Å². The summed E-state index contributed by atoms with van der Waals surface area (Å²) >= 11 is 0. The number of furan rings is 1. The Bertz CT molecular complexity index is 846. The van der Waals surface area contributed by atoms with Crippen molar-refractivity contribution in [3.05, 3.63) is 64.7 Å². The molecule has 0 aliphatic heterocycles. The molecule has 0 fully saturated rings. The fourth-order valence-electron chi connectivity index (χ4n) is 2.33. The van der Waals surface area contributed by atoms with Gasteiger partial charge in [-0.1, -0.05) is 12.1 Å². The van der Waals surface area contributed by atoms with Crippen molar-refractivity contribution in [2.75, 3.05) is 0 Å². The number of aromatic nitrogens is 2. The lowest BCUT2D eigenvalue weighted by atomic mass is 10.0. The highest BCUT2D eigenvalue weighted by atomic mass is 16.3. The van der Waals surface area contributed by atoms with Gasteiger partial charge in [0, 0.05) is 5.56 Å². The van der Waals surface area contributed by atoms with Crippen LogP contribution in [0.2, 0.25) is 0 Å². The first kappa shape index (κ1) is 15.1. The zero-order valence-electron chi connectivity index (χ0n) is 13.4. The summed E-state index contributed by atoms with van der Waals surface area (Å²) < 4.78 is 5.43. The van der Waals surface area contributed by atoms with E-state index >= 15 is 0 Å². The largest absolute Gasteiger partial charge is 0.465 e. The highest BCUT2D eigenvalue weighted by Gasteiger charge is 2.12. The molecule has 0 saturated heterocycles. The van der Waals surface area contributed by atoms with Gasteiger partial charge >= 0.3 is 0 Å². The number of rotatable bonds is 4. The number of carbonyl (C=O) groups excluding carboxylic acids is 1. The molecule has 2 aromatic heterocycles. The molecule has 0 spiro atoms. The number of benzene rings is 1. The molecule has 2 heterocycles. The summed E-state index contributed by atoms with van der Waals surface area (Å²) in [6.07, 6.45) is 0. The van der Waals surface area contributed by atoms with E-state index in [9.17, 15) is 4.79 Å². The van der Waals surface area contributed by atoms with E-state index in [0.717, 1.165) is 22.8 Å². The predicted molar refractivity (Wildman–Crippen MR) is 88.1 cm³/mol. The number of nitrogens with one attached hydrogen (secondary N) is 2. The van der Waals surface area contributed by atoms with Crippen LogP contribution in [0.3, 0.4) is 0 Å². The molecule has 0 bridgehead atoms. The van der Waals surface area contributed by atoms with Crippen LogP contribution < -0.4 is 5.32 Å². The summed E-state index contributed by atoms with van der Waals surface area (Å²) in [6.45, 7) is 6.35. The Morgan fingerprint density at radius 2 is 1.96 bits per heavy atom. The molecule has 0 radical (unpaired) electrons. The zero-order valence-corrected chi connectivity index (χ0v) is 13.4. The minimum atomic E-state index is -0.207. The quantitative estimate of drug-likeness (QED) is 0.774. The van der Waals surface area contributed by atoms with Gasteiger partial charge in [-0.2, -0.15) is 5.10 Å². The van der Waals surface area contributed by atoms with Gasteiger partial charge in [-0.05, 0) is 56.2 Å². The minimum absolute atomic E-state index is 0.207. The van der Waals surface area contributed by atoms with Crippen molar-refractivity contribution in [2.45, 2.75) is 27.3 Å². The molecule has 118 valence electrons. The van der Waals surface area contributed by atoms with Crippen LogP contribution in [-0.4, -0.2) is 16.1 Å². The lowest BCUT2D eigenvalue weighted by molar-refractivity contribution is 0.0943. The highest BCUT2D eigenvalue weighted by Crippen LogP contribution is 2.21. The van der Waals surface area contributed by atoms with Crippen LogP contribution in [0.15, 0.2) is 40.8 Å². The van der Waals surface area contributed by atoms with Gasteiger partial charge in [-0.25, -0.2) is 0 Å². The third-order valence-corrected chi connectivity index (χ3v) is 3.84. The van der Waals surface area contributed by atoms with Crippen molar-refractivity contribution in [3.63, 3.8) is 0 Å². The Kier molecular flexibility index (Phi) is 4.02. The Balaban J connectivity index is 1.70. The fourth-order valence-corrected chi connectivity index (χ4v) is 2.33. The van der Waals surface area contributed by atoms with E-state index in [1.807, 2.05) is 25.1 Å². The van der Waals surface area contributed by atoms with Crippen molar-refractivity contribution in [2.24, 2.45) is 0 Å². The summed E-state index contributed by atoms with van der Waals surface area (Å²) in [6, 6.07) is 11.6. The first-order valence-electron chi connectivity index (χ1n) is 7.49. The molecule has 5 nitrogen and oxygen atoms in total. The second kappa shape index (κ2) is 6.12. The first-order chi connectivity index (χ1) is 11.0. The maximum atomic E-state index is 12.2. The Morgan fingerprint density at radius 3 is 2.65 bits per heavy atom. The maximum Gasteiger partial charge on any atom is 0.269 e. The number of amides is 1. The lowest BCUT2D eigenvalue weighted by Crippen LogP contribution is -2.22. The fraction of sp³-hybridized carbons (Fsp3) is 0.222. The molecule has 1 amide bonds. The smallest absolute Gasteiger partial charge is 0.269 e. The highest BCUT2D eigenvalue weighted by molar-refractivity contribution is 5.93. The molecule has 23 heavy (non-hydrogen) atoms. The summed E-state index contributed by atoms with van der Waals surface area (Å²) in [5.41, 5.74) is 4.61. The molecule has 2 N–H and O–H groups in total. The van der Waals surface area contributed by atoms with E-state index in [4.69, 9.17) is 4.42 Å². The molecule has 3 aromatic rings. The molecule has 3 rings (SSSR count). The monoisotopic (exact) mass is 309 g/mol. The number of aromatic amines is 1. The predicted octanol–water partition coefficient (Wildman–Crippen LogP) is 3.52. The summed E-state index contributed by atoms with van der Waals surface area (Å²) in [5.74, 6) is 1.35. The van der Waals surface area contributed by atoms with Gasteiger partial charge in [-0.15, -0.1) is 0 Å². The average Bonchev–Trinajstić information content (AvgIpc) is 3.17. The standard InChI is InChI=1S/C18H19N3O2/c1-11-4-6-14(8-12(11)2)16-9-17(21-20-16)18(22)19-10-15-7-5-13(3)23-15/h4-9H,10H2,1-3H3,(H,19,22)(H,20,21). The van der Waals surface area contributed by atoms with Crippen molar-refractivity contribution < 1.29 is 9.21 Å². The molecule has 1 aromatic carbocycles. The zero-order chi connectivity index (χ0) is 16.4. The number of nitrogens with zero attached hydrogens (tertiary/aromatic N) is 1. The summed E-state index contributed by atoms with van der Waals surface area (Å²) in [4.78, 5) is 12.2. The van der Waals surface area contributed by atoms with E-state index in [1.54, 1.807) is 6.07 Å². The Hall–Kier alpha value is -2.82. The van der Waals surface area contributed by atoms with E-state index in [0.29, 0.717) is 12.2 Å². The van der Waals surface area contributed by atoms with E-state index < -0.39 is 0 Å². The number of H-pyrrole nitrogens is 1. The van der Waals surface area contributed by atoms with Crippen LogP contribution in [0.4, 0.5) is 0 Å². The number of carbonyl (C=O) groups is 1. The Morgan fingerprint density at radius 1 is 1.13 bits per heavy atom. The lowest BCUT2D eigenvalue weighted by Gasteiger charge is -2.02. The van der Waals surface area contributed by atoms with E-state index in [-0.39, 0.29) is 5.91 Å². The second-order valence-corrected chi connectivity index (χ2v) is 5.66. The van der Waals surface area contributed by atoms with Gasteiger partial charge in [0.25, 0.3) is 5.91 Å². The molecular weight excluding hydrogens is 290 g/mol. The normalized spacial score (nSPS) is 10.7. The van der Waals surface area contributed by atoms with E-state index in [2.05, 4.69) is 41.5 Å². The summed E-state index contributed by atoms with van der Waals surface area (Å²) in [7, 11) is 0. The van der Waals surface area contributed by atoms with Crippen LogP contribution in [0.25, 0.3) is 11.3 Å². The number of hydrogen-bond acceptors (Lipinski definition) is 3.